The van der Waals surface area contributed by atoms with E-state index < -0.39 is 0 Å². The molecule has 1 aliphatic rings. The zero-order valence-electron chi connectivity index (χ0n) is 20.1. The molecule has 4 aromatic rings. The van der Waals surface area contributed by atoms with Crippen molar-refractivity contribution in [3.8, 4) is 5.75 Å². The lowest BCUT2D eigenvalue weighted by molar-refractivity contribution is 0.0899. The number of β-amino-alcohol motifs (C(OH)–C–C–N with tert-alkyl or cyclic N) is 1. The number of likely N-dealkylation sites (tertiary alicyclic amines) is 1. The highest BCUT2D eigenvalue weighted by Gasteiger charge is 2.23. The largest absolute Gasteiger partial charge is 0.489 e. The van der Waals surface area contributed by atoms with Crippen LogP contribution in [0.15, 0.2) is 53.4 Å². The Balaban J connectivity index is 1.54. The number of thiazole rings is 1. The number of allylic oxidation sites excluding steroid dienone is 1. The Bertz CT molecular complexity index is 1410. The number of aromatic nitrogens is 3. The molecule has 2 aromatic carbocycles. The normalized spacial score (nSPS) is 15.8. The number of anilines is 2. The summed E-state index contributed by atoms with van der Waals surface area (Å²) in [5.41, 5.74) is 12.1. The van der Waals surface area contributed by atoms with Crippen molar-refractivity contribution in [2.75, 3.05) is 38.6 Å². The minimum Gasteiger partial charge on any atom is -0.489 e. The first kappa shape index (κ1) is 24.1. The molecule has 5 rings (SSSR count). The Morgan fingerprint density at radius 1 is 1.22 bits per heavy atom. The van der Waals surface area contributed by atoms with E-state index in [1.807, 2.05) is 29.8 Å². The molecule has 9 nitrogen and oxygen atoms in total. The number of aliphatic hydroxyl groups excluding tert-OH is 1. The molecule has 0 amide bonds. The quantitative estimate of drug-likeness (QED) is 0.310. The molecule has 0 unspecified atom stereocenters. The summed E-state index contributed by atoms with van der Waals surface area (Å²) < 4.78 is 7.72. The lowest BCUT2D eigenvalue weighted by atomic mass is 10.0. The van der Waals surface area contributed by atoms with Crippen LogP contribution in [0.4, 0.5) is 11.5 Å². The fourth-order valence-corrected chi connectivity index (χ4v) is 5.22. The summed E-state index contributed by atoms with van der Waals surface area (Å²) in [6, 6.07) is 10.0. The maximum atomic E-state index is 9.26. The zero-order valence-corrected chi connectivity index (χ0v) is 20.9. The van der Waals surface area contributed by atoms with Gasteiger partial charge in [0.1, 0.15) is 24.0 Å². The maximum absolute atomic E-state index is 9.26. The molecular weight excluding hydrogens is 474 g/mol. The molecule has 0 bridgehead atoms. The first-order valence-electron chi connectivity index (χ1n) is 11.9. The molecule has 0 aliphatic carbocycles. The van der Waals surface area contributed by atoms with E-state index >= 15 is 0 Å². The van der Waals surface area contributed by atoms with Crippen LogP contribution in [-0.2, 0) is 0 Å². The number of fused-ring (bicyclic) bond motifs is 2. The van der Waals surface area contributed by atoms with E-state index in [1.165, 1.54) is 6.20 Å². The monoisotopic (exact) mass is 503 g/mol. The molecule has 0 spiro atoms. The second kappa shape index (κ2) is 11.0. The van der Waals surface area contributed by atoms with Gasteiger partial charge in [-0.1, -0.05) is 0 Å². The number of ether oxygens (including phenoxy) is 1. The van der Waals surface area contributed by atoms with Crippen LogP contribution in [0.2, 0.25) is 0 Å². The van der Waals surface area contributed by atoms with Crippen molar-refractivity contribution in [2.24, 2.45) is 10.7 Å². The van der Waals surface area contributed by atoms with Gasteiger partial charge in [0.15, 0.2) is 0 Å². The Kier molecular flexibility index (Phi) is 7.36. The SMILES string of the molecule is CN=C/C(=C\N)c1cc(OC2CCN(CCO)CC2)c2c(Nc3ccc4ncsc4c3)ncnc2c1. The lowest BCUT2D eigenvalue weighted by Crippen LogP contribution is -2.39. The van der Waals surface area contributed by atoms with Gasteiger partial charge in [-0.3, -0.25) is 4.99 Å². The molecule has 3 heterocycles. The number of aliphatic hydroxyl groups is 1. The minimum absolute atomic E-state index is 0.0464. The minimum atomic E-state index is 0.0464. The second-order valence-electron chi connectivity index (χ2n) is 8.64. The smallest absolute Gasteiger partial charge is 0.145 e. The summed E-state index contributed by atoms with van der Waals surface area (Å²) in [7, 11) is 1.71. The third kappa shape index (κ3) is 5.15. The van der Waals surface area contributed by atoms with Gasteiger partial charge in [0.05, 0.1) is 33.2 Å². The van der Waals surface area contributed by atoms with E-state index in [0.717, 1.165) is 63.9 Å². The Morgan fingerprint density at radius 3 is 2.86 bits per heavy atom. The molecule has 1 fully saturated rings. The van der Waals surface area contributed by atoms with Crippen LogP contribution in [0.3, 0.4) is 0 Å². The van der Waals surface area contributed by atoms with Gasteiger partial charge in [-0.25, -0.2) is 15.0 Å². The average Bonchev–Trinajstić information content (AvgIpc) is 3.36. The number of aliphatic imine (C=N–C) groups is 1. The molecule has 186 valence electrons. The highest BCUT2D eigenvalue weighted by molar-refractivity contribution is 7.16. The van der Waals surface area contributed by atoms with Crippen LogP contribution in [0, 0.1) is 0 Å². The van der Waals surface area contributed by atoms with Crippen molar-refractivity contribution < 1.29 is 9.84 Å². The third-order valence-corrected chi connectivity index (χ3v) is 7.11. The van der Waals surface area contributed by atoms with Crippen LogP contribution in [0.25, 0.3) is 26.7 Å². The topological polar surface area (TPSA) is 122 Å². The van der Waals surface area contributed by atoms with Crippen molar-refractivity contribution in [3.05, 3.63) is 53.9 Å². The van der Waals surface area contributed by atoms with Crippen LogP contribution >= 0.6 is 11.3 Å². The Hall–Kier alpha value is -3.60. The Morgan fingerprint density at radius 2 is 2.08 bits per heavy atom. The lowest BCUT2D eigenvalue weighted by Gasteiger charge is -2.32. The number of rotatable bonds is 8. The molecule has 10 heteroatoms. The van der Waals surface area contributed by atoms with Gasteiger partial charge in [-0.05, 0) is 48.7 Å². The van der Waals surface area contributed by atoms with Crippen molar-refractivity contribution in [1.29, 1.82) is 0 Å². The van der Waals surface area contributed by atoms with E-state index in [9.17, 15) is 5.11 Å². The average molecular weight is 504 g/mol. The maximum Gasteiger partial charge on any atom is 0.145 e. The molecule has 1 saturated heterocycles. The number of nitrogens with zero attached hydrogens (tertiary/aromatic N) is 5. The second-order valence-corrected chi connectivity index (χ2v) is 9.53. The number of piperidine rings is 1. The predicted molar refractivity (Wildman–Crippen MR) is 146 cm³/mol. The van der Waals surface area contributed by atoms with Crippen molar-refractivity contribution >= 4 is 55.7 Å². The molecule has 2 aromatic heterocycles. The van der Waals surface area contributed by atoms with E-state index in [0.29, 0.717) is 18.1 Å². The molecule has 0 radical (unpaired) electrons. The van der Waals surface area contributed by atoms with Crippen molar-refractivity contribution in [2.45, 2.75) is 18.9 Å². The highest BCUT2D eigenvalue weighted by atomic mass is 32.1. The first-order chi connectivity index (χ1) is 17.7. The number of hydrogen-bond donors (Lipinski definition) is 3. The summed E-state index contributed by atoms with van der Waals surface area (Å²) in [6.07, 6.45) is 6.61. The van der Waals surface area contributed by atoms with Gasteiger partial charge >= 0.3 is 0 Å². The summed E-state index contributed by atoms with van der Waals surface area (Å²) in [4.78, 5) is 19.9. The summed E-state index contributed by atoms with van der Waals surface area (Å²) >= 11 is 1.60. The standard InChI is InChI=1S/C26H29N7O2S/c1-28-14-18(13-27)17-10-22-25(23(11-17)35-20-4-6-33(7-5-20)8-9-34)26(30-15-29-22)32-19-2-3-21-24(12-19)36-16-31-21/h2-3,10-16,20,34H,4-9,27H2,1H3,(H,29,30,32)/b18-13+,28-14?. The molecule has 0 atom stereocenters. The van der Waals surface area contributed by atoms with Crippen LogP contribution in [0.5, 0.6) is 5.75 Å². The number of nitrogens with one attached hydrogen (secondary N) is 1. The Labute approximate surface area is 213 Å². The van der Waals surface area contributed by atoms with E-state index in [4.69, 9.17) is 10.5 Å². The van der Waals surface area contributed by atoms with Gasteiger partial charge in [0.25, 0.3) is 0 Å². The van der Waals surface area contributed by atoms with Gasteiger partial charge in [0.2, 0.25) is 0 Å². The first-order valence-corrected chi connectivity index (χ1v) is 12.8. The molecular formula is C26H29N7O2S. The summed E-state index contributed by atoms with van der Waals surface area (Å²) in [5.74, 6) is 1.37. The van der Waals surface area contributed by atoms with Gasteiger partial charge in [-0.2, -0.15) is 0 Å². The molecule has 0 saturated carbocycles. The molecule has 1 aliphatic heterocycles. The van der Waals surface area contributed by atoms with E-state index in [-0.39, 0.29) is 12.7 Å². The van der Waals surface area contributed by atoms with Gasteiger partial charge < -0.3 is 25.8 Å². The third-order valence-electron chi connectivity index (χ3n) is 6.32. The molecule has 36 heavy (non-hydrogen) atoms. The fourth-order valence-electron chi connectivity index (χ4n) is 4.50. The van der Waals surface area contributed by atoms with Crippen LogP contribution < -0.4 is 15.8 Å². The summed E-state index contributed by atoms with van der Waals surface area (Å²) in [5, 5.41) is 13.5. The van der Waals surface area contributed by atoms with Crippen LogP contribution in [-0.4, -0.2) is 70.6 Å². The van der Waals surface area contributed by atoms with Gasteiger partial charge in [0, 0.05) is 50.4 Å². The highest BCUT2D eigenvalue weighted by Crippen LogP contribution is 2.36. The molecule has 4 N–H and O–H groups in total. The number of nitrogens with two attached hydrogens (primary N) is 1. The number of benzene rings is 2. The van der Waals surface area contributed by atoms with Crippen LogP contribution in [0.1, 0.15) is 18.4 Å². The predicted octanol–water partition coefficient (Wildman–Crippen LogP) is 3.82. The summed E-state index contributed by atoms with van der Waals surface area (Å²) in [6.45, 7) is 2.63. The number of hydrogen-bond acceptors (Lipinski definition) is 10. The zero-order chi connectivity index (χ0) is 24.9. The van der Waals surface area contributed by atoms with Gasteiger partial charge in [-0.15, -0.1) is 11.3 Å². The fraction of sp³-hybridized carbons (Fsp3) is 0.308. The van der Waals surface area contributed by atoms with Crippen molar-refractivity contribution in [1.82, 2.24) is 19.9 Å². The van der Waals surface area contributed by atoms with E-state index in [2.05, 4.69) is 36.2 Å². The van der Waals surface area contributed by atoms with E-state index in [1.54, 1.807) is 30.9 Å². The van der Waals surface area contributed by atoms with Crippen molar-refractivity contribution in [3.63, 3.8) is 0 Å².